The van der Waals surface area contributed by atoms with E-state index in [0.29, 0.717) is 12.3 Å². The average molecular weight is 253 g/mol. The number of carbonyl (C=O) groups is 2. The first-order valence-corrected chi connectivity index (χ1v) is 7.04. The van der Waals surface area contributed by atoms with Crippen LogP contribution in [0, 0.1) is 17.8 Å². The molecule has 0 aromatic heterocycles. The normalized spacial score (nSPS) is 27.5. The van der Waals surface area contributed by atoms with Crippen LogP contribution in [0.25, 0.3) is 0 Å². The molecule has 0 heterocycles. The van der Waals surface area contributed by atoms with Gasteiger partial charge in [-0.05, 0) is 45.4 Å². The van der Waals surface area contributed by atoms with Gasteiger partial charge < -0.3 is 10.0 Å². The van der Waals surface area contributed by atoms with Crippen molar-refractivity contribution in [3.05, 3.63) is 0 Å². The highest BCUT2D eigenvalue weighted by molar-refractivity contribution is 5.85. The molecule has 102 valence electrons. The zero-order chi connectivity index (χ0) is 13.3. The number of hydrogen-bond acceptors (Lipinski definition) is 2. The van der Waals surface area contributed by atoms with E-state index >= 15 is 0 Å². The molecule has 2 atom stereocenters. The summed E-state index contributed by atoms with van der Waals surface area (Å²) in [6.07, 6.45) is 4.68. The molecule has 0 saturated heterocycles. The number of nitrogens with zero attached hydrogens (tertiary/aromatic N) is 1. The van der Waals surface area contributed by atoms with E-state index in [4.69, 9.17) is 0 Å². The largest absolute Gasteiger partial charge is 0.481 e. The lowest BCUT2D eigenvalue weighted by Crippen LogP contribution is -2.44. The molecule has 0 spiro atoms. The van der Waals surface area contributed by atoms with Crippen molar-refractivity contribution in [2.24, 2.45) is 17.8 Å². The first-order valence-electron chi connectivity index (χ1n) is 7.04. The van der Waals surface area contributed by atoms with Crippen molar-refractivity contribution in [1.29, 1.82) is 0 Å². The topological polar surface area (TPSA) is 57.6 Å². The zero-order valence-corrected chi connectivity index (χ0v) is 11.3. The fourth-order valence-electron chi connectivity index (χ4n) is 2.90. The highest BCUT2D eigenvalue weighted by Gasteiger charge is 2.41. The fourth-order valence-corrected chi connectivity index (χ4v) is 2.90. The van der Waals surface area contributed by atoms with Crippen molar-refractivity contribution >= 4 is 11.9 Å². The van der Waals surface area contributed by atoms with Gasteiger partial charge in [-0.15, -0.1) is 0 Å². The molecule has 0 unspecified atom stereocenters. The SMILES string of the molecule is CC(C)N(CC1CC1)C(=O)[C@@H]1CCC[C@@H]1C(=O)O. The molecule has 1 N–H and O–H groups in total. The number of hydrogen-bond donors (Lipinski definition) is 1. The zero-order valence-electron chi connectivity index (χ0n) is 11.3. The minimum atomic E-state index is -0.805. The van der Waals surface area contributed by atoms with Gasteiger partial charge in [-0.25, -0.2) is 0 Å². The van der Waals surface area contributed by atoms with Gasteiger partial charge in [-0.3, -0.25) is 9.59 Å². The van der Waals surface area contributed by atoms with Crippen LogP contribution in [0.2, 0.25) is 0 Å². The molecule has 2 saturated carbocycles. The second-order valence-corrected chi connectivity index (χ2v) is 6.01. The second-order valence-electron chi connectivity index (χ2n) is 6.01. The molecule has 1 amide bonds. The van der Waals surface area contributed by atoms with Crippen LogP contribution in [0.3, 0.4) is 0 Å². The number of amides is 1. The van der Waals surface area contributed by atoms with Crippen LogP contribution in [-0.4, -0.2) is 34.5 Å². The van der Waals surface area contributed by atoms with Crippen molar-refractivity contribution in [3.8, 4) is 0 Å². The van der Waals surface area contributed by atoms with Gasteiger partial charge in [0, 0.05) is 12.6 Å². The lowest BCUT2D eigenvalue weighted by molar-refractivity contribution is -0.150. The molecule has 2 rings (SSSR count). The molecule has 0 radical (unpaired) electrons. The van der Waals surface area contributed by atoms with Gasteiger partial charge in [0.25, 0.3) is 0 Å². The van der Waals surface area contributed by atoms with E-state index in [9.17, 15) is 14.7 Å². The molecule has 4 nitrogen and oxygen atoms in total. The molecular formula is C14H23NO3. The van der Waals surface area contributed by atoms with Crippen molar-refractivity contribution in [3.63, 3.8) is 0 Å². The van der Waals surface area contributed by atoms with Crippen molar-refractivity contribution in [2.75, 3.05) is 6.54 Å². The lowest BCUT2D eigenvalue weighted by Gasteiger charge is -2.30. The summed E-state index contributed by atoms with van der Waals surface area (Å²) in [4.78, 5) is 25.6. The Balaban J connectivity index is 2.04. The smallest absolute Gasteiger partial charge is 0.307 e. The number of carbonyl (C=O) groups excluding carboxylic acids is 1. The number of carboxylic acids is 1. The van der Waals surface area contributed by atoms with Gasteiger partial charge >= 0.3 is 5.97 Å². The average Bonchev–Trinajstić information content (AvgIpc) is 2.97. The standard InChI is InChI=1S/C14H23NO3/c1-9(2)15(8-10-6-7-10)13(16)11-4-3-5-12(11)14(17)18/h9-12H,3-8H2,1-2H3,(H,17,18)/t11-,12+/m1/s1. The van der Waals surface area contributed by atoms with Crippen LogP contribution in [0.1, 0.15) is 46.0 Å². The Labute approximate surface area is 108 Å². The highest BCUT2D eigenvalue weighted by atomic mass is 16.4. The van der Waals surface area contributed by atoms with Gasteiger partial charge in [-0.1, -0.05) is 6.42 Å². The molecule has 0 aliphatic heterocycles. The predicted molar refractivity (Wildman–Crippen MR) is 68.0 cm³/mol. The van der Waals surface area contributed by atoms with E-state index in [2.05, 4.69) is 0 Å². The van der Waals surface area contributed by atoms with Crippen LogP contribution < -0.4 is 0 Å². The first kappa shape index (κ1) is 13.4. The molecule has 2 aliphatic carbocycles. The van der Waals surface area contributed by atoms with Gasteiger partial charge in [0.15, 0.2) is 0 Å². The maximum Gasteiger partial charge on any atom is 0.307 e. The Bertz CT molecular complexity index is 336. The monoisotopic (exact) mass is 253 g/mol. The molecule has 0 aromatic rings. The summed E-state index contributed by atoms with van der Waals surface area (Å²) in [5, 5.41) is 9.18. The maximum absolute atomic E-state index is 12.5. The lowest BCUT2D eigenvalue weighted by atomic mass is 9.94. The second kappa shape index (κ2) is 5.29. The van der Waals surface area contributed by atoms with Crippen LogP contribution in [-0.2, 0) is 9.59 Å². The number of aliphatic carboxylic acids is 1. The molecule has 0 bridgehead atoms. The summed E-state index contributed by atoms with van der Waals surface area (Å²) in [6.45, 7) is 4.86. The Hall–Kier alpha value is -1.06. The molecule has 0 aromatic carbocycles. The van der Waals surface area contributed by atoms with Gasteiger partial charge in [0.2, 0.25) is 5.91 Å². The van der Waals surface area contributed by atoms with Crippen molar-refractivity contribution < 1.29 is 14.7 Å². The Morgan fingerprint density at radius 2 is 1.78 bits per heavy atom. The third-order valence-electron chi connectivity index (χ3n) is 4.21. The van der Waals surface area contributed by atoms with E-state index in [0.717, 1.165) is 19.4 Å². The van der Waals surface area contributed by atoms with Gasteiger partial charge in [0.05, 0.1) is 11.8 Å². The molecule has 4 heteroatoms. The molecule has 2 fully saturated rings. The molecule has 18 heavy (non-hydrogen) atoms. The van der Waals surface area contributed by atoms with Crippen LogP contribution in [0.5, 0.6) is 0 Å². The van der Waals surface area contributed by atoms with E-state index in [1.165, 1.54) is 12.8 Å². The van der Waals surface area contributed by atoms with E-state index in [1.807, 2.05) is 18.7 Å². The molecular weight excluding hydrogens is 230 g/mol. The van der Waals surface area contributed by atoms with Gasteiger partial charge in [-0.2, -0.15) is 0 Å². The summed E-state index contributed by atoms with van der Waals surface area (Å²) < 4.78 is 0. The van der Waals surface area contributed by atoms with Crippen LogP contribution in [0.4, 0.5) is 0 Å². The van der Waals surface area contributed by atoms with Gasteiger partial charge in [0.1, 0.15) is 0 Å². The number of rotatable bonds is 5. The number of carboxylic acid groups (broad SMARTS) is 1. The third kappa shape index (κ3) is 2.85. The fraction of sp³-hybridized carbons (Fsp3) is 0.857. The summed E-state index contributed by atoms with van der Waals surface area (Å²) in [5.41, 5.74) is 0. The van der Waals surface area contributed by atoms with E-state index < -0.39 is 11.9 Å². The summed E-state index contributed by atoms with van der Waals surface area (Å²) in [5.74, 6) is -0.828. The van der Waals surface area contributed by atoms with E-state index in [-0.39, 0.29) is 17.9 Å². The third-order valence-corrected chi connectivity index (χ3v) is 4.21. The van der Waals surface area contributed by atoms with Crippen LogP contribution >= 0.6 is 0 Å². The van der Waals surface area contributed by atoms with Crippen molar-refractivity contribution in [2.45, 2.75) is 52.0 Å². The molecule has 2 aliphatic rings. The summed E-state index contributed by atoms with van der Waals surface area (Å²) >= 11 is 0. The Morgan fingerprint density at radius 3 is 2.28 bits per heavy atom. The predicted octanol–water partition coefficient (Wildman–Crippen LogP) is 2.13. The Kier molecular flexibility index (Phi) is 3.93. The first-order chi connectivity index (χ1) is 8.50. The minimum Gasteiger partial charge on any atom is -0.481 e. The maximum atomic E-state index is 12.5. The Morgan fingerprint density at radius 1 is 1.17 bits per heavy atom. The quantitative estimate of drug-likeness (QED) is 0.816. The van der Waals surface area contributed by atoms with Crippen LogP contribution in [0.15, 0.2) is 0 Å². The summed E-state index contributed by atoms with van der Waals surface area (Å²) in [7, 11) is 0. The van der Waals surface area contributed by atoms with E-state index in [1.54, 1.807) is 0 Å². The summed E-state index contributed by atoms with van der Waals surface area (Å²) in [6, 6.07) is 0.174. The highest BCUT2D eigenvalue weighted by Crippen LogP contribution is 2.36. The minimum absolute atomic E-state index is 0.0711. The van der Waals surface area contributed by atoms with Crippen molar-refractivity contribution in [1.82, 2.24) is 4.90 Å².